The molecule has 3 amide bonds. The van der Waals surface area contributed by atoms with Crippen LogP contribution in [0.4, 0.5) is 10.1 Å². The van der Waals surface area contributed by atoms with Crippen molar-refractivity contribution in [3.63, 3.8) is 0 Å². The molecule has 0 aromatic heterocycles. The Labute approximate surface area is 114 Å². The predicted molar refractivity (Wildman–Crippen MR) is 69.2 cm³/mol. The SMILES string of the molecule is Cc1cc(N)cc(C(=O)NC2CCC(=O)NC2=O)c1F. The van der Waals surface area contributed by atoms with Crippen molar-refractivity contribution in [3.05, 3.63) is 29.1 Å². The van der Waals surface area contributed by atoms with Gasteiger partial charge in [-0.2, -0.15) is 0 Å². The number of piperidine rings is 1. The number of nitrogens with one attached hydrogen (secondary N) is 2. The Bertz CT molecular complexity index is 601. The number of nitrogens with two attached hydrogens (primary N) is 1. The molecule has 1 saturated heterocycles. The maximum Gasteiger partial charge on any atom is 0.254 e. The van der Waals surface area contributed by atoms with E-state index in [1.54, 1.807) is 0 Å². The van der Waals surface area contributed by atoms with Crippen LogP contribution in [0.5, 0.6) is 0 Å². The number of nitrogen functional groups attached to an aromatic ring is 1. The van der Waals surface area contributed by atoms with Crippen molar-refractivity contribution < 1.29 is 18.8 Å². The largest absolute Gasteiger partial charge is 0.399 e. The lowest BCUT2D eigenvalue weighted by Gasteiger charge is -2.22. The molecule has 0 radical (unpaired) electrons. The van der Waals surface area contributed by atoms with E-state index in [9.17, 15) is 18.8 Å². The number of carbonyl (C=O) groups is 3. The number of hydrogen-bond donors (Lipinski definition) is 3. The number of benzene rings is 1. The van der Waals surface area contributed by atoms with Gasteiger partial charge in [0.05, 0.1) is 5.56 Å². The summed E-state index contributed by atoms with van der Waals surface area (Å²) in [5.74, 6) is -2.38. The van der Waals surface area contributed by atoms with Crippen LogP contribution in [-0.2, 0) is 9.59 Å². The van der Waals surface area contributed by atoms with E-state index in [2.05, 4.69) is 10.6 Å². The topological polar surface area (TPSA) is 101 Å². The Morgan fingerprint density at radius 1 is 1.45 bits per heavy atom. The molecule has 20 heavy (non-hydrogen) atoms. The third-order valence-corrected chi connectivity index (χ3v) is 3.07. The number of hydrogen-bond acceptors (Lipinski definition) is 4. The molecule has 1 unspecified atom stereocenters. The van der Waals surface area contributed by atoms with Crippen LogP contribution in [0.1, 0.15) is 28.8 Å². The summed E-state index contributed by atoms with van der Waals surface area (Å²) in [7, 11) is 0. The molecule has 1 aliphatic heterocycles. The number of imide groups is 1. The van der Waals surface area contributed by atoms with Crippen molar-refractivity contribution in [2.75, 3.05) is 5.73 Å². The van der Waals surface area contributed by atoms with Gasteiger partial charge in [-0.3, -0.25) is 19.7 Å². The van der Waals surface area contributed by atoms with Gasteiger partial charge < -0.3 is 11.1 Å². The van der Waals surface area contributed by atoms with E-state index < -0.39 is 23.7 Å². The standard InChI is InChI=1S/C13H14FN3O3/c1-6-4-7(15)5-8(11(6)14)12(19)16-9-2-3-10(18)17-13(9)20/h4-5,9H,2-3,15H2,1H3,(H,16,19)(H,17,18,20). The summed E-state index contributed by atoms with van der Waals surface area (Å²) >= 11 is 0. The number of halogens is 1. The second-order valence-electron chi connectivity index (χ2n) is 4.68. The summed E-state index contributed by atoms with van der Waals surface area (Å²) in [4.78, 5) is 34.5. The molecule has 1 atom stereocenters. The quantitative estimate of drug-likeness (QED) is 0.533. The second kappa shape index (κ2) is 5.28. The Morgan fingerprint density at radius 2 is 2.15 bits per heavy atom. The van der Waals surface area contributed by atoms with Crippen LogP contribution in [0.2, 0.25) is 0 Å². The fraction of sp³-hybridized carbons (Fsp3) is 0.308. The molecule has 1 heterocycles. The zero-order valence-corrected chi connectivity index (χ0v) is 10.8. The number of anilines is 1. The highest BCUT2D eigenvalue weighted by atomic mass is 19.1. The van der Waals surface area contributed by atoms with E-state index in [0.29, 0.717) is 0 Å². The Hall–Kier alpha value is -2.44. The highest BCUT2D eigenvalue weighted by Crippen LogP contribution is 2.17. The lowest BCUT2D eigenvalue weighted by atomic mass is 10.0. The van der Waals surface area contributed by atoms with Crippen molar-refractivity contribution in [2.24, 2.45) is 0 Å². The summed E-state index contributed by atoms with van der Waals surface area (Å²) < 4.78 is 13.9. The van der Waals surface area contributed by atoms with Gasteiger partial charge in [0.2, 0.25) is 11.8 Å². The van der Waals surface area contributed by atoms with Crippen LogP contribution in [0.25, 0.3) is 0 Å². The Balaban J connectivity index is 2.17. The first-order valence-corrected chi connectivity index (χ1v) is 6.08. The number of carbonyl (C=O) groups excluding carboxylic acids is 3. The third-order valence-electron chi connectivity index (χ3n) is 3.07. The van der Waals surface area contributed by atoms with Gasteiger partial charge in [-0.15, -0.1) is 0 Å². The van der Waals surface area contributed by atoms with Gasteiger partial charge in [-0.25, -0.2) is 4.39 Å². The van der Waals surface area contributed by atoms with E-state index in [4.69, 9.17) is 5.73 Å². The summed E-state index contributed by atoms with van der Waals surface area (Å²) in [6.07, 6.45) is 0.328. The minimum Gasteiger partial charge on any atom is -0.399 e. The van der Waals surface area contributed by atoms with E-state index >= 15 is 0 Å². The molecule has 7 heteroatoms. The Morgan fingerprint density at radius 3 is 2.80 bits per heavy atom. The number of rotatable bonds is 2. The zero-order chi connectivity index (χ0) is 14.9. The molecular formula is C13H14FN3O3. The summed E-state index contributed by atoms with van der Waals surface area (Å²) in [6.45, 7) is 1.49. The van der Waals surface area contributed by atoms with Gasteiger partial charge in [0.25, 0.3) is 5.91 Å². The molecule has 0 spiro atoms. The average Bonchev–Trinajstić information content (AvgIpc) is 2.37. The van der Waals surface area contributed by atoms with Crippen molar-refractivity contribution >= 4 is 23.4 Å². The first-order chi connectivity index (χ1) is 9.38. The molecular weight excluding hydrogens is 265 g/mol. The minimum absolute atomic E-state index is 0.134. The van der Waals surface area contributed by atoms with E-state index in [0.717, 1.165) is 0 Å². The van der Waals surface area contributed by atoms with Crippen molar-refractivity contribution in [3.8, 4) is 0 Å². The summed E-state index contributed by atoms with van der Waals surface area (Å²) in [6, 6.07) is 1.78. The number of aryl methyl sites for hydroxylation is 1. The fourth-order valence-electron chi connectivity index (χ4n) is 2.03. The third kappa shape index (κ3) is 2.76. The molecule has 0 saturated carbocycles. The molecule has 0 bridgehead atoms. The van der Waals surface area contributed by atoms with Gasteiger partial charge >= 0.3 is 0 Å². The number of amides is 3. The van der Waals surface area contributed by atoms with Crippen LogP contribution in [-0.4, -0.2) is 23.8 Å². The van der Waals surface area contributed by atoms with Crippen LogP contribution < -0.4 is 16.4 Å². The van der Waals surface area contributed by atoms with Crippen molar-refractivity contribution in [1.29, 1.82) is 0 Å². The monoisotopic (exact) mass is 279 g/mol. The maximum atomic E-state index is 13.9. The molecule has 6 nitrogen and oxygen atoms in total. The van der Waals surface area contributed by atoms with Crippen LogP contribution in [0.15, 0.2) is 12.1 Å². The van der Waals surface area contributed by atoms with Crippen molar-refractivity contribution in [2.45, 2.75) is 25.8 Å². The van der Waals surface area contributed by atoms with Gasteiger partial charge in [-0.05, 0) is 31.0 Å². The fourth-order valence-corrected chi connectivity index (χ4v) is 2.03. The summed E-state index contributed by atoms with van der Waals surface area (Å²) in [5.41, 5.74) is 5.87. The molecule has 1 aromatic carbocycles. The average molecular weight is 279 g/mol. The molecule has 1 aliphatic rings. The normalized spacial score (nSPS) is 18.6. The van der Waals surface area contributed by atoms with E-state index in [1.165, 1.54) is 19.1 Å². The molecule has 4 N–H and O–H groups in total. The van der Waals surface area contributed by atoms with Gasteiger partial charge in [0, 0.05) is 12.1 Å². The van der Waals surface area contributed by atoms with Gasteiger partial charge in [0.15, 0.2) is 0 Å². The van der Waals surface area contributed by atoms with Gasteiger partial charge in [-0.1, -0.05) is 0 Å². The maximum absolute atomic E-state index is 13.9. The lowest BCUT2D eigenvalue weighted by molar-refractivity contribution is -0.134. The zero-order valence-electron chi connectivity index (χ0n) is 10.8. The molecule has 2 rings (SSSR count). The highest BCUT2D eigenvalue weighted by molar-refractivity contribution is 6.04. The minimum atomic E-state index is -0.846. The smallest absolute Gasteiger partial charge is 0.254 e. The molecule has 1 fully saturated rings. The molecule has 0 aliphatic carbocycles. The second-order valence-corrected chi connectivity index (χ2v) is 4.68. The lowest BCUT2D eigenvalue weighted by Crippen LogP contribution is -2.52. The summed E-state index contributed by atoms with van der Waals surface area (Å²) in [5, 5.41) is 4.51. The molecule has 106 valence electrons. The highest BCUT2D eigenvalue weighted by Gasteiger charge is 2.29. The first-order valence-electron chi connectivity index (χ1n) is 6.08. The predicted octanol–water partition coefficient (Wildman–Crippen LogP) is 0.251. The van der Waals surface area contributed by atoms with Crippen LogP contribution in [0.3, 0.4) is 0 Å². The van der Waals surface area contributed by atoms with Crippen molar-refractivity contribution in [1.82, 2.24) is 10.6 Å². The van der Waals surface area contributed by atoms with Gasteiger partial charge in [0.1, 0.15) is 11.9 Å². The van der Waals surface area contributed by atoms with Crippen LogP contribution >= 0.6 is 0 Å². The van der Waals surface area contributed by atoms with Crippen LogP contribution in [0, 0.1) is 12.7 Å². The van der Waals surface area contributed by atoms with E-state index in [-0.39, 0.29) is 35.6 Å². The van der Waals surface area contributed by atoms with E-state index in [1.807, 2.05) is 0 Å². The molecule has 1 aromatic rings. The Kier molecular flexibility index (Phi) is 3.69. The first kappa shape index (κ1) is 14.0.